The largest absolute Gasteiger partial charge is 0.487 e. The van der Waals surface area contributed by atoms with Gasteiger partial charge in [-0.3, -0.25) is 9.98 Å². The fourth-order valence-electron chi connectivity index (χ4n) is 5.90. The van der Waals surface area contributed by atoms with Crippen molar-refractivity contribution in [3.8, 4) is 11.5 Å². The number of aliphatic imine (C=N–C) groups is 2. The maximum atomic E-state index is 6.17. The van der Waals surface area contributed by atoms with Crippen molar-refractivity contribution < 1.29 is 9.47 Å². The zero-order chi connectivity index (χ0) is 31.0. The van der Waals surface area contributed by atoms with Crippen LogP contribution in [0.1, 0.15) is 48.2 Å². The lowest BCUT2D eigenvalue weighted by molar-refractivity contribution is 0.309. The summed E-state index contributed by atoms with van der Waals surface area (Å²) in [5, 5.41) is 2.08. The number of ether oxygens (including phenoxy) is 2. The minimum absolute atomic E-state index is 0.0947. The molecule has 0 amide bonds. The molecule has 0 N–H and O–H groups in total. The van der Waals surface area contributed by atoms with Crippen molar-refractivity contribution in [1.29, 1.82) is 0 Å². The smallest absolute Gasteiger partial charge is 0.146 e. The molecule has 1 aliphatic carbocycles. The third kappa shape index (κ3) is 7.13. The zero-order valence-electron chi connectivity index (χ0n) is 25.7. The van der Waals surface area contributed by atoms with E-state index in [0.29, 0.717) is 13.2 Å². The van der Waals surface area contributed by atoms with Gasteiger partial charge in [0.2, 0.25) is 0 Å². The van der Waals surface area contributed by atoms with Crippen molar-refractivity contribution in [2.75, 3.05) is 0 Å². The molecule has 2 aromatic heterocycles. The first-order chi connectivity index (χ1) is 22.8. The van der Waals surface area contributed by atoms with Crippen LogP contribution in [0, 0.1) is 0 Å². The average molecular weight is 605 g/mol. The van der Waals surface area contributed by atoms with E-state index in [1.165, 1.54) is 0 Å². The molecule has 0 aliphatic heterocycles. The second-order valence-electron chi connectivity index (χ2n) is 11.7. The Morgan fingerprint density at radius 3 is 1.43 bits per heavy atom. The monoisotopic (exact) mass is 604 g/mol. The lowest BCUT2D eigenvalue weighted by Crippen LogP contribution is -2.27. The summed E-state index contributed by atoms with van der Waals surface area (Å²) in [6, 6.07) is 40.8. The van der Waals surface area contributed by atoms with Crippen LogP contribution >= 0.6 is 0 Å². The van der Waals surface area contributed by atoms with Crippen molar-refractivity contribution in [2.45, 2.75) is 51.0 Å². The van der Waals surface area contributed by atoms with Gasteiger partial charge in [0.25, 0.3) is 0 Å². The topological polar surface area (TPSA) is 69.0 Å². The molecule has 228 valence electrons. The van der Waals surface area contributed by atoms with Crippen LogP contribution in [-0.2, 0) is 13.2 Å². The molecular weight excluding hydrogens is 568 g/mol. The number of fused-ring (bicyclic) bond motifs is 2. The van der Waals surface area contributed by atoms with Gasteiger partial charge in [0.05, 0.1) is 23.5 Å². The predicted octanol–water partition coefficient (Wildman–Crippen LogP) is 8.79. The van der Waals surface area contributed by atoms with E-state index in [9.17, 15) is 0 Å². The summed E-state index contributed by atoms with van der Waals surface area (Å²) in [7, 11) is 0. The molecule has 6 aromatic rings. The van der Waals surface area contributed by atoms with Gasteiger partial charge in [-0.25, -0.2) is 9.97 Å². The molecule has 46 heavy (non-hydrogen) atoms. The van der Waals surface area contributed by atoms with Crippen LogP contribution in [0.3, 0.4) is 0 Å². The van der Waals surface area contributed by atoms with Crippen molar-refractivity contribution in [3.63, 3.8) is 0 Å². The van der Waals surface area contributed by atoms with E-state index in [2.05, 4.69) is 48.5 Å². The molecule has 1 saturated carbocycles. The van der Waals surface area contributed by atoms with Crippen LogP contribution < -0.4 is 9.47 Å². The molecule has 4 aromatic carbocycles. The Bertz CT molecular complexity index is 1830. The number of rotatable bonds is 10. The SMILES string of the molecule is C(=N[C@H]1CCCC[C@@H]1N=Cc1ccc2cccc(OCc3ccccc3)c2n1)c1ccc2cccc(OCc3ccccc3)c2n1. The molecule has 0 unspecified atom stereocenters. The summed E-state index contributed by atoms with van der Waals surface area (Å²) in [5.74, 6) is 1.54. The minimum Gasteiger partial charge on any atom is -0.487 e. The number of para-hydroxylation sites is 2. The first-order valence-corrected chi connectivity index (χ1v) is 16.0. The first kappa shape index (κ1) is 29.4. The predicted molar refractivity (Wildman–Crippen MR) is 186 cm³/mol. The molecule has 0 saturated heterocycles. The highest BCUT2D eigenvalue weighted by atomic mass is 16.5. The quantitative estimate of drug-likeness (QED) is 0.147. The number of aromatic nitrogens is 2. The Hall–Kier alpha value is -5.36. The van der Waals surface area contributed by atoms with Gasteiger partial charge in [-0.2, -0.15) is 0 Å². The van der Waals surface area contributed by atoms with Gasteiger partial charge in [0, 0.05) is 23.2 Å². The fraction of sp³-hybridized carbons (Fsp3) is 0.200. The summed E-state index contributed by atoms with van der Waals surface area (Å²) in [6.45, 7) is 0.992. The van der Waals surface area contributed by atoms with E-state index in [1.54, 1.807) is 0 Å². The molecule has 1 fully saturated rings. The molecule has 7 rings (SSSR count). The second kappa shape index (κ2) is 14.2. The van der Waals surface area contributed by atoms with Gasteiger partial charge < -0.3 is 9.47 Å². The van der Waals surface area contributed by atoms with Crippen LogP contribution in [0.4, 0.5) is 0 Å². The highest BCUT2D eigenvalue weighted by Gasteiger charge is 2.23. The van der Waals surface area contributed by atoms with E-state index < -0.39 is 0 Å². The molecule has 0 spiro atoms. The summed E-state index contributed by atoms with van der Waals surface area (Å²) in [5.41, 5.74) is 5.56. The van der Waals surface area contributed by atoms with Gasteiger partial charge in [-0.1, -0.05) is 110 Å². The number of nitrogens with zero attached hydrogens (tertiary/aromatic N) is 4. The molecule has 6 nitrogen and oxygen atoms in total. The van der Waals surface area contributed by atoms with E-state index in [0.717, 1.165) is 81.5 Å². The van der Waals surface area contributed by atoms with Gasteiger partial charge in [0.15, 0.2) is 0 Å². The molecule has 0 radical (unpaired) electrons. The maximum absolute atomic E-state index is 6.17. The van der Waals surface area contributed by atoms with Crippen LogP contribution in [0.15, 0.2) is 131 Å². The van der Waals surface area contributed by atoms with Gasteiger partial charge in [0.1, 0.15) is 35.7 Å². The average Bonchev–Trinajstić information content (AvgIpc) is 3.12. The lowest BCUT2D eigenvalue weighted by Gasteiger charge is -2.25. The highest BCUT2D eigenvalue weighted by Crippen LogP contribution is 2.28. The number of hydrogen-bond acceptors (Lipinski definition) is 6. The second-order valence-corrected chi connectivity index (χ2v) is 11.7. The molecule has 6 heteroatoms. The van der Waals surface area contributed by atoms with Crippen LogP contribution in [-0.4, -0.2) is 34.5 Å². The van der Waals surface area contributed by atoms with E-state index >= 15 is 0 Å². The summed E-state index contributed by atoms with van der Waals surface area (Å²) < 4.78 is 12.3. The Morgan fingerprint density at radius 2 is 0.978 bits per heavy atom. The molecule has 1 aliphatic rings. The molecule has 0 bridgehead atoms. The minimum atomic E-state index is 0.0947. The standard InChI is InChI=1S/C40H36N4O2/c1-3-11-29(12-4-1)27-45-37-19-9-15-31-21-23-33(43-39(31)37)25-41-35-17-7-8-18-36(35)42-26-34-24-22-32-16-10-20-38(40(32)44-34)46-28-30-13-5-2-6-14-30/h1-6,9-16,19-26,35-36H,7-8,17-18,27-28H2/t35-,36-/m0/s1. The van der Waals surface area contributed by atoms with Gasteiger partial charge >= 0.3 is 0 Å². The summed E-state index contributed by atoms with van der Waals surface area (Å²) >= 11 is 0. The molecule has 2 atom stereocenters. The third-order valence-electron chi connectivity index (χ3n) is 8.37. The van der Waals surface area contributed by atoms with E-state index in [1.807, 2.05) is 85.2 Å². The van der Waals surface area contributed by atoms with Crippen LogP contribution in [0.25, 0.3) is 21.8 Å². The van der Waals surface area contributed by atoms with Crippen LogP contribution in [0.5, 0.6) is 11.5 Å². The fourth-order valence-corrected chi connectivity index (χ4v) is 5.90. The third-order valence-corrected chi connectivity index (χ3v) is 8.37. The maximum Gasteiger partial charge on any atom is 0.146 e. The Kier molecular flexibility index (Phi) is 9.04. The Labute approximate surface area is 269 Å². The van der Waals surface area contributed by atoms with E-state index in [4.69, 9.17) is 29.4 Å². The number of hydrogen-bond donors (Lipinski definition) is 0. The van der Waals surface area contributed by atoms with Gasteiger partial charge in [-0.15, -0.1) is 0 Å². The van der Waals surface area contributed by atoms with Crippen molar-refractivity contribution in [2.24, 2.45) is 9.98 Å². The molecular formula is C40H36N4O2. The summed E-state index contributed by atoms with van der Waals surface area (Å²) in [6.07, 6.45) is 8.09. The zero-order valence-corrected chi connectivity index (χ0v) is 25.7. The van der Waals surface area contributed by atoms with Gasteiger partial charge in [-0.05, 0) is 48.2 Å². The van der Waals surface area contributed by atoms with Crippen molar-refractivity contribution >= 4 is 34.2 Å². The lowest BCUT2D eigenvalue weighted by atomic mass is 9.91. The van der Waals surface area contributed by atoms with Crippen molar-refractivity contribution in [1.82, 2.24) is 9.97 Å². The van der Waals surface area contributed by atoms with Crippen LogP contribution in [0.2, 0.25) is 0 Å². The number of benzene rings is 4. The van der Waals surface area contributed by atoms with Crippen molar-refractivity contribution in [3.05, 3.63) is 144 Å². The first-order valence-electron chi connectivity index (χ1n) is 16.0. The Morgan fingerprint density at radius 1 is 0.522 bits per heavy atom. The Balaban J connectivity index is 1.06. The number of pyridine rings is 2. The summed E-state index contributed by atoms with van der Waals surface area (Å²) in [4.78, 5) is 19.9. The normalized spacial score (nSPS) is 16.8. The molecule has 2 heterocycles. The highest BCUT2D eigenvalue weighted by molar-refractivity contribution is 5.90. The van der Waals surface area contributed by atoms with E-state index in [-0.39, 0.29) is 12.1 Å².